The number of amides is 4. The molecule has 4 aromatic carbocycles. The van der Waals surface area contributed by atoms with Crippen molar-refractivity contribution in [1.29, 1.82) is 0 Å². The number of nitrogens with one attached hydrogen (secondary N) is 1. The molecule has 19 heteroatoms. The van der Waals surface area contributed by atoms with Crippen LogP contribution in [0.2, 0.25) is 0 Å². The molecular formula is C37H26F9N3O6S. The number of anilines is 2. The van der Waals surface area contributed by atoms with Crippen LogP contribution in [-0.4, -0.2) is 56.3 Å². The highest BCUT2D eigenvalue weighted by Crippen LogP contribution is 2.57. The lowest BCUT2D eigenvalue weighted by molar-refractivity contribution is -0.288. The fourth-order valence-corrected chi connectivity index (χ4v) is 8.83. The fourth-order valence-electron chi connectivity index (χ4n) is 7.22. The summed E-state index contributed by atoms with van der Waals surface area (Å²) in [6, 6.07) is 5.58. The number of carbonyl (C=O) groups excluding carboxylic acids is 4. The van der Waals surface area contributed by atoms with E-state index in [0.717, 1.165) is 19.2 Å². The number of hydrogen-bond donors (Lipinski definition) is 1. The third kappa shape index (κ3) is 5.73. The van der Waals surface area contributed by atoms with Crippen LogP contribution < -0.4 is 9.62 Å². The van der Waals surface area contributed by atoms with Crippen molar-refractivity contribution < 1.29 is 67.1 Å². The van der Waals surface area contributed by atoms with Gasteiger partial charge in [-0.05, 0) is 110 Å². The highest BCUT2D eigenvalue weighted by atomic mass is 32.2. The number of sulfonamides is 1. The zero-order chi connectivity index (χ0) is 41.8. The molecule has 4 aromatic rings. The smallest absolute Gasteiger partial charge is 0.280 e. The molecule has 0 bridgehead atoms. The first-order chi connectivity index (χ1) is 25.7. The number of carbonyl (C=O) groups is 4. The molecule has 0 saturated carbocycles. The molecule has 294 valence electrons. The Labute approximate surface area is 311 Å². The SMILES string of the molecule is Cc1c(C)c(N2C(=O)c3ccc(C(c4ccc5c(c4)C(=O)N(C)C5=O)(C(F)(F)F)C(F)(F)F)cc3C2=O)c(C)c(S(=O)(=O)Nc2ccc(C(F)(F)F)cc2)c1C. The molecule has 1 N–H and O–H groups in total. The van der Waals surface area contributed by atoms with E-state index in [1.54, 1.807) is 0 Å². The minimum Gasteiger partial charge on any atom is -0.280 e. The number of imide groups is 2. The predicted octanol–water partition coefficient (Wildman–Crippen LogP) is 8.18. The van der Waals surface area contributed by atoms with Crippen molar-refractivity contribution in [3.05, 3.63) is 122 Å². The maximum absolute atomic E-state index is 15.1. The molecule has 4 amide bonds. The number of halogens is 9. The van der Waals surface area contributed by atoms with E-state index in [1.165, 1.54) is 27.7 Å². The molecule has 2 aliphatic heterocycles. The molecule has 0 spiro atoms. The summed E-state index contributed by atoms with van der Waals surface area (Å²) in [6.45, 7) is 5.40. The summed E-state index contributed by atoms with van der Waals surface area (Å²) in [5.74, 6) is -4.70. The summed E-state index contributed by atoms with van der Waals surface area (Å²) in [5, 5.41) is 0. The van der Waals surface area contributed by atoms with E-state index in [4.69, 9.17) is 0 Å². The number of benzene rings is 4. The lowest BCUT2D eigenvalue weighted by Crippen LogP contribution is -2.55. The molecule has 2 heterocycles. The fraction of sp³-hybridized carbons (Fsp3) is 0.243. The first-order valence-electron chi connectivity index (χ1n) is 16.1. The largest absolute Gasteiger partial charge is 0.416 e. The van der Waals surface area contributed by atoms with Crippen LogP contribution in [-0.2, 0) is 21.6 Å². The summed E-state index contributed by atoms with van der Waals surface area (Å²) in [6.07, 6.45) is -17.1. The first kappa shape index (κ1) is 40.0. The van der Waals surface area contributed by atoms with Gasteiger partial charge in [0.1, 0.15) is 0 Å². The average Bonchev–Trinajstić information content (AvgIpc) is 3.45. The second-order valence-electron chi connectivity index (χ2n) is 13.2. The highest BCUT2D eigenvalue weighted by molar-refractivity contribution is 7.92. The van der Waals surface area contributed by atoms with Crippen molar-refractivity contribution in [3.8, 4) is 0 Å². The molecule has 0 unspecified atom stereocenters. The van der Waals surface area contributed by atoms with Gasteiger partial charge < -0.3 is 0 Å². The van der Waals surface area contributed by atoms with E-state index in [0.29, 0.717) is 52.3 Å². The minimum atomic E-state index is -6.19. The molecule has 0 radical (unpaired) electrons. The van der Waals surface area contributed by atoms with Crippen LogP contribution in [0.5, 0.6) is 0 Å². The second-order valence-corrected chi connectivity index (χ2v) is 14.9. The van der Waals surface area contributed by atoms with Crippen LogP contribution in [0.15, 0.2) is 65.6 Å². The molecule has 9 nitrogen and oxygen atoms in total. The Kier molecular flexibility index (Phi) is 9.03. The van der Waals surface area contributed by atoms with Crippen LogP contribution >= 0.6 is 0 Å². The molecule has 0 aliphatic carbocycles. The van der Waals surface area contributed by atoms with E-state index in [9.17, 15) is 40.8 Å². The van der Waals surface area contributed by atoms with Crippen LogP contribution in [0, 0.1) is 27.7 Å². The molecule has 6 rings (SSSR count). The topological polar surface area (TPSA) is 121 Å². The van der Waals surface area contributed by atoms with E-state index < -0.39 is 101 Å². The van der Waals surface area contributed by atoms with Crippen molar-refractivity contribution in [1.82, 2.24) is 4.90 Å². The third-order valence-electron chi connectivity index (χ3n) is 10.2. The van der Waals surface area contributed by atoms with E-state index in [2.05, 4.69) is 4.72 Å². The number of nitrogens with zero attached hydrogens (tertiary/aromatic N) is 2. The van der Waals surface area contributed by atoms with Gasteiger partial charge >= 0.3 is 18.5 Å². The lowest BCUT2D eigenvalue weighted by Gasteiger charge is -2.38. The lowest BCUT2D eigenvalue weighted by atomic mass is 9.71. The Morgan fingerprint density at radius 1 is 0.536 bits per heavy atom. The normalized spacial score (nSPS) is 15.2. The zero-order valence-corrected chi connectivity index (χ0v) is 30.2. The number of rotatable bonds is 6. The summed E-state index contributed by atoms with van der Waals surface area (Å²) >= 11 is 0. The van der Waals surface area contributed by atoms with Crippen LogP contribution in [0.1, 0.15) is 80.4 Å². The van der Waals surface area contributed by atoms with Gasteiger partial charge in [-0.1, -0.05) is 12.1 Å². The summed E-state index contributed by atoms with van der Waals surface area (Å²) in [4.78, 5) is 53.4. The Balaban J connectivity index is 1.49. The van der Waals surface area contributed by atoms with Gasteiger partial charge in [0, 0.05) is 12.7 Å². The molecule has 2 aliphatic rings. The van der Waals surface area contributed by atoms with Crippen LogP contribution in [0.3, 0.4) is 0 Å². The Bertz CT molecular complexity index is 2510. The first-order valence-corrected chi connectivity index (χ1v) is 17.6. The number of alkyl halides is 9. The van der Waals surface area contributed by atoms with Gasteiger partial charge in [0.2, 0.25) is 5.41 Å². The van der Waals surface area contributed by atoms with E-state index >= 15 is 26.3 Å². The highest BCUT2D eigenvalue weighted by Gasteiger charge is 2.73. The van der Waals surface area contributed by atoms with E-state index in [-0.39, 0.29) is 39.7 Å². The van der Waals surface area contributed by atoms with Crippen molar-refractivity contribution in [2.75, 3.05) is 16.7 Å². The van der Waals surface area contributed by atoms with Crippen LogP contribution in [0.4, 0.5) is 50.9 Å². The van der Waals surface area contributed by atoms with Gasteiger partial charge in [0.15, 0.2) is 0 Å². The van der Waals surface area contributed by atoms with Crippen molar-refractivity contribution in [2.24, 2.45) is 0 Å². The minimum absolute atomic E-state index is 0.0999. The monoisotopic (exact) mass is 811 g/mol. The van der Waals surface area contributed by atoms with Crippen LogP contribution in [0.25, 0.3) is 0 Å². The van der Waals surface area contributed by atoms with Crippen molar-refractivity contribution >= 4 is 45.0 Å². The van der Waals surface area contributed by atoms with Gasteiger partial charge in [-0.3, -0.25) is 28.8 Å². The van der Waals surface area contributed by atoms with Gasteiger partial charge in [-0.15, -0.1) is 0 Å². The zero-order valence-electron chi connectivity index (χ0n) is 29.4. The Hall–Kier alpha value is -5.72. The molecule has 56 heavy (non-hydrogen) atoms. The van der Waals surface area contributed by atoms with E-state index in [1.807, 2.05) is 0 Å². The molecule has 0 fully saturated rings. The maximum Gasteiger partial charge on any atom is 0.416 e. The summed E-state index contributed by atoms with van der Waals surface area (Å²) < 4.78 is 160. The second kappa shape index (κ2) is 12.7. The molecule has 0 saturated heterocycles. The Morgan fingerprint density at radius 3 is 1.45 bits per heavy atom. The van der Waals surface area contributed by atoms with Crippen molar-refractivity contribution in [3.63, 3.8) is 0 Å². The third-order valence-corrected chi connectivity index (χ3v) is 11.8. The standard InChI is InChI=1S/C37H26F9N3O6S/c1-16-17(2)28(19(4)29(18(16)3)56(54,55)47-23-10-6-20(7-11-23)35(38,39)40)49-32(52)25-13-9-22(15-27(25)33(49)53)34(36(41,42)43,37(44,45)46)21-8-12-24-26(14-21)31(51)48(5)30(24)50/h6-15,47H,1-5H3. The maximum atomic E-state index is 15.1. The average molecular weight is 812 g/mol. The molecule has 0 atom stereocenters. The van der Waals surface area contributed by atoms with Gasteiger partial charge in [0.25, 0.3) is 33.7 Å². The van der Waals surface area contributed by atoms with Gasteiger partial charge in [-0.2, -0.15) is 39.5 Å². The predicted molar refractivity (Wildman–Crippen MR) is 181 cm³/mol. The Morgan fingerprint density at radius 2 is 0.964 bits per heavy atom. The molecule has 0 aromatic heterocycles. The number of hydrogen-bond acceptors (Lipinski definition) is 6. The molecular weight excluding hydrogens is 785 g/mol. The summed E-state index contributed by atoms with van der Waals surface area (Å²) in [7, 11) is -3.71. The summed E-state index contributed by atoms with van der Waals surface area (Å²) in [5.41, 5.74) is -12.1. The van der Waals surface area contributed by atoms with Gasteiger partial charge in [-0.25, -0.2) is 13.3 Å². The van der Waals surface area contributed by atoms with Gasteiger partial charge in [0.05, 0.1) is 38.4 Å². The quantitative estimate of drug-likeness (QED) is 0.155. The van der Waals surface area contributed by atoms with Crippen molar-refractivity contribution in [2.45, 2.75) is 56.5 Å². The number of fused-ring (bicyclic) bond motifs is 2.